The lowest BCUT2D eigenvalue weighted by Crippen LogP contribution is -2.13. The fourth-order valence-electron chi connectivity index (χ4n) is 6.12. The lowest BCUT2D eigenvalue weighted by atomic mass is 10.0. The van der Waals surface area contributed by atoms with E-state index in [2.05, 4.69) is 172 Å². The largest absolute Gasteiger partial charge is 0.310 e. The summed E-state index contributed by atoms with van der Waals surface area (Å²) in [6.07, 6.45) is 1.81. The Morgan fingerprint density at radius 1 is 0.438 bits per heavy atom. The van der Waals surface area contributed by atoms with Crippen molar-refractivity contribution in [2.24, 2.45) is 10.3 Å². The van der Waals surface area contributed by atoms with E-state index in [-0.39, 0.29) is 0 Å². The molecular formula is C43H32N5+. The number of rotatable bonds is 8. The molecule has 0 radical (unpaired) electrons. The van der Waals surface area contributed by atoms with E-state index in [4.69, 9.17) is 0 Å². The molecule has 2 heterocycles. The van der Waals surface area contributed by atoms with Crippen molar-refractivity contribution in [1.29, 1.82) is 0 Å². The average molecular weight is 619 g/mol. The molecule has 0 saturated heterocycles. The summed E-state index contributed by atoms with van der Waals surface area (Å²) in [6, 6.07) is 61.4. The fraction of sp³-hybridized carbons (Fsp3) is 0.0233. The number of nitrogens with zero attached hydrogens (tertiary/aromatic N) is 5. The van der Waals surface area contributed by atoms with Crippen LogP contribution in [-0.2, 0) is 0 Å². The third-order valence-electron chi connectivity index (χ3n) is 8.56. The van der Waals surface area contributed by atoms with E-state index >= 15 is 0 Å². The highest BCUT2D eigenvalue weighted by Crippen LogP contribution is 2.38. The normalized spacial score (nSPS) is 12.3. The van der Waals surface area contributed by atoms with E-state index in [0.717, 1.165) is 45.3 Å². The van der Waals surface area contributed by atoms with Crippen LogP contribution in [0.1, 0.15) is 5.56 Å². The van der Waals surface area contributed by atoms with Gasteiger partial charge in [-0.15, -0.1) is 4.70 Å². The number of hydrogen-bond donors (Lipinski definition) is 0. The zero-order valence-corrected chi connectivity index (χ0v) is 26.3. The summed E-state index contributed by atoms with van der Waals surface area (Å²) in [4.78, 5) is 6.82. The van der Waals surface area contributed by atoms with Crippen molar-refractivity contribution in [3.05, 3.63) is 188 Å². The molecule has 48 heavy (non-hydrogen) atoms. The topological polar surface area (TPSA) is 43.9 Å². The van der Waals surface area contributed by atoms with Gasteiger partial charge in [-0.1, -0.05) is 103 Å². The summed E-state index contributed by atoms with van der Waals surface area (Å²) in [5.74, 6) is 0. The predicted octanol–water partition coefficient (Wildman–Crippen LogP) is 11.1. The van der Waals surface area contributed by atoms with Crippen LogP contribution < -0.4 is 4.90 Å². The van der Waals surface area contributed by atoms with Gasteiger partial charge in [-0.25, -0.2) is 0 Å². The third-order valence-corrected chi connectivity index (χ3v) is 8.56. The monoisotopic (exact) mass is 618 g/mol. The summed E-state index contributed by atoms with van der Waals surface area (Å²) < 4.78 is 1.94. The smallest absolute Gasteiger partial charge is 0.231 e. The molecule has 6 aromatic carbocycles. The van der Waals surface area contributed by atoms with E-state index in [1.54, 1.807) is 0 Å². The number of pyridine rings is 1. The van der Waals surface area contributed by atoms with Gasteiger partial charge in [0.15, 0.2) is 12.2 Å². The molecule has 0 atom stereocenters. The molecule has 0 saturated carbocycles. The van der Waals surface area contributed by atoms with E-state index in [9.17, 15) is 0 Å². The van der Waals surface area contributed by atoms with Gasteiger partial charge >= 0.3 is 0 Å². The van der Waals surface area contributed by atoms with Gasteiger partial charge in [-0.05, 0) is 95.1 Å². The van der Waals surface area contributed by atoms with E-state index < -0.39 is 0 Å². The van der Waals surface area contributed by atoms with Crippen molar-refractivity contribution in [1.82, 2.24) is 4.98 Å². The molecule has 0 amide bonds. The maximum absolute atomic E-state index is 4.59. The van der Waals surface area contributed by atoms with Crippen LogP contribution in [0.5, 0.6) is 0 Å². The van der Waals surface area contributed by atoms with Gasteiger partial charge in [-0.3, -0.25) is 4.98 Å². The number of anilines is 3. The van der Waals surface area contributed by atoms with E-state index in [0.29, 0.717) is 6.54 Å². The molecule has 5 heteroatoms. The van der Waals surface area contributed by atoms with Crippen molar-refractivity contribution in [2.75, 3.05) is 11.4 Å². The Balaban J connectivity index is 1.10. The highest BCUT2D eigenvalue weighted by Gasteiger charge is 2.25. The van der Waals surface area contributed by atoms with Crippen LogP contribution in [0.2, 0.25) is 0 Å². The molecule has 0 unspecified atom stereocenters. The molecule has 0 aliphatic carbocycles. The molecule has 0 bridgehead atoms. The minimum Gasteiger partial charge on any atom is -0.310 e. The van der Waals surface area contributed by atoms with Crippen LogP contribution >= 0.6 is 0 Å². The van der Waals surface area contributed by atoms with Gasteiger partial charge in [0.05, 0.1) is 10.8 Å². The molecule has 228 valence electrons. The zero-order chi connectivity index (χ0) is 32.1. The molecule has 1 aliphatic heterocycles. The number of hydrogen-bond acceptors (Lipinski definition) is 4. The number of aromatic nitrogens is 1. The maximum Gasteiger partial charge on any atom is 0.231 e. The second-order valence-electron chi connectivity index (χ2n) is 11.7. The second kappa shape index (κ2) is 13.1. The molecular weight excluding hydrogens is 587 g/mol. The van der Waals surface area contributed by atoms with Gasteiger partial charge in [0, 0.05) is 34.4 Å². The molecule has 0 spiro atoms. The average Bonchev–Trinajstić information content (AvgIpc) is 3.67. The first-order chi connectivity index (χ1) is 23.8. The molecule has 0 N–H and O–H groups in total. The quantitative estimate of drug-likeness (QED) is 0.159. The first-order valence-corrected chi connectivity index (χ1v) is 16.1. The van der Waals surface area contributed by atoms with Crippen LogP contribution in [-0.4, -0.2) is 21.9 Å². The van der Waals surface area contributed by atoms with Crippen LogP contribution in [0.15, 0.2) is 192 Å². The van der Waals surface area contributed by atoms with Crippen LogP contribution in [0.25, 0.3) is 33.5 Å². The van der Waals surface area contributed by atoms with E-state index in [1.807, 2.05) is 35.2 Å². The molecule has 5 nitrogen and oxygen atoms in total. The summed E-state index contributed by atoms with van der Waals surface area (Å²) in [5.41, 5.74) is 12.9. The van der Waals surface area contributed by atoms with Crippen molar-refractivity contribution in [2.45, 2.75) is 0 Å². The first kappa shape index (κ1) is 29.0. The third kappa shape index (κ3) is 6.05. The van der Waals surface area contributed by atoms with Crippen LogP contribution in [0.4, 0.5) is 22.7 Å². The second-order valence-corrected chi connectivity index (χ2v) is 11.7. The van der Waals surface area contributed by atoms with Crippen molar-refractivity contribution in [3.63, 3.8) is 0 Å². The number of benzene rings is 6. The summed E-state index contributed by atoms with van der Waals surface area (Å²) in [7, 11) is 0. The fourth-order valence-corrected chi connectivity index (χ4v) is 6.12. The minimum atomic E-state index is 0.590. The lowest BCUT2D eigenvalue weighted by molar-refractivity contribution is -0.492. The molecule has 0 fully saturated rings. The van der Waals surface area contributed by atoms with Gasteiger partial charge in [0.1, 0.15) is 5.22 Å². The standard InChI is InChI=1S/C43H32N5/c1-3-12-32(13-4-1)35-16-9-20-40(28-35)48(41-21-10-17-36(29-41)33-14-5-2-6-15-33)38-25-23-34(24-26-38)43-31-47(46-45-43)39-19-11-18-37(30-39)42-22-7-8-27-44-42/h1-30H,31H2/q+1. The van der Waals surface area contributed by atoms with Crippen molar-refractivity contribution < 1.29 is 4.70 Å². The van der Waals surface area contributed by atoms with Gasteiger partial charge in [-0.2, -0.15) is 0 Å². The van der Waals surface area contributed by atoms with Crippen molar-refractivity contribution >= 4 is 28.5 Å². The Bertz CT molecular complexity index is 2160. The summed E-state index contributed by atoms with van der Waals surface area (Å²) in [6.45, 7) is 0.590. The summed E-state index contributed by atoms with van der Waals surface area (Å²) in [5, 5.41) is 9.10. The highest BCUT2D eigenvalue weighted by atomic mass is 15.5. The summed E-state index contributed by atoms with van der Waals surface area (Å²) >= 11 is 0. The molecule has 7 aromatic rings. The van der Waals surface area contributed by atoms with E-state index in [1.165, 1.54) is 22.3 Å². The lowest BCUT2D eigenvalue weighted by Gasteiger charge is -2.26. The molecule has 1 aromatic heterocycles. The highest BCUT2D eigenvalue weighted by molar-refractivity contribution is 6.02. The Kier molecular flexibility index (Phi) is 7.91. The van der Waals surface area contributed by atoms with Crippen molar-refractivity contribution in [3.8, 4) is 33.5 Å². The van der Waals surface area contributed by atoms with Gasteiger partial charge in [0.25, 0.3) is 0 Å². The van der Waals surface area contributed by atoms with Crippen LogP contribution in [0, 0.1) is 0 Å². The predicted molar refractivity (Wildman–Crippen MR) is 195 cm³/mol. The Morgan fingerprint density at radius 2 is 1.02 bits per heavy atom. The van der Waals surface area contributed by atoms with Gasteiger partial charge < -0.3 is 4.90 Å². The maximum atomic E-state index is 4.59. The van der Waals surface area contributed by atoms with Gasteiger partial charge in [0.2, 0.25) is 5.71 Å². The SMILES string of the molecule is c1ccc(-c2cccc(N(c3ccc(C4=NN=[N+](c5cccc(-c6ccccn6)c5)C4)cc3)c3cccc(-c4ccccc4)c3)c2)cc1. The molecule has 8 rings (SSSR count). The minimum absolute atomic E-state index is 0.590. The molecule has 1 aliphatic rings. The zero-order valence-electron chi connectivity index (χ0n) is 26.3. The van der Waals surface area contributed by atoms with Crippen LogP contribution in [0.3, 0.4) is 0 Å². The Hall–Kier alpha value is -6.46. The Morgan fingerprint density at radius 3 is 1.65 bits per heavy atom. The first-order valence-electron chi connectivity index (χ1n) is 16.1. The Labute approximate surface area is 280 Å².